The average molecular weight is 331 g/mol. The van der Waals surface area contributed by atoms with Crippen LogP contribution in [0.3, 0.4) is 0 Å². The Morgan fingerprint density at radius 3 is 2.46 bits per heavy atom. The molecule has 0 saturated heterocycles. The maximum Gasteiger partial charge on any atom is 0.305 e. The quantitative estimate of drug-likeness (QED) is 0.818. The lowest BCUT2D eigenvalue weighted by Crippen LogP contribution is -2.31. The number of hydrogen-bond acceptors (Lipinski definition) is 3. The van der Waals surface area contributed by atoms with E-state index >= 15 is 0 Å². The van der Waals surface area contributed by atoms with Crippen LogP contribution in [0.4, 0.5) is 4.39 Å². The normalized spacial score (nSPS) is 11.6. The molecule has 0 radical (unpaired) electrons. The molecule has 0 aromatic heterocycles. The molecule has 1 amide bonds. The van der Waals surface area contributed by atoms with Gasteiger partial charge in [0.15, 0.2) is 0 Å². The molecular weight excluding hydrogens is 313 g/mol. The number of aliphatic carboxylic acids is 1. The molecule has 0 aliphatic rings. The van der Waals surface area contributed by atoms with Gasteiger partial charge in [0.2, 0.25) is 5.91 Å². The molecule has 126 valence electrons. The van der Waals surface area contributed by atoms with E-state index in [-0.39, 0.29) is 18.7 Å². The fourth-order valence-corrected chi connectivity index (χ4v) is 2.39. The van der Waals surface area contributed by atoms with Crippen molar-refractivity contribution >= 4 is 11.9 Å². The first-order chi connectivity index (χ1) is 11.5. The van der Waals surface area contributed by atoms with E-state index in [4.69, 9.17) is 9.84 Å². The number of carbonyl (C=O) groups is 2. The number of nitrogens with one attached hydrogen (secondary N) is 1. The summed E-state index contributed by atoms with van der Waals surface area (Å²) in [6.45, 7) is 0. The van der Waals surface area contributed by atoms with Crippen LogP contribution in [0.25, 0.3) is 0 Å². The summed E-state index contributed by atoms with van der Waals surface area (Å²) in [5.74, 6) is -1.23. The van der Waals surface area contributed by atoms with Gasteiger partial charge < -0.3 is 15.2 Å². The van der Waals surface area contributed by atoms with E-state index in [2.05, 4.69) is 5.32 Å². The Morgan fingerprint density at radius 1 is 1.17 bits per heavy atom. The predicted octanol–water partition coefficient (Wildman–Crippen LogP) is 2.71. The van der Waals surface area contributed by atoms with E-state index in [9.17, 15) is 14.0 Å². The highest BCUT2D eigenvalue weighted by molar-refractivity contribution is 5.80. The number of carboxylic acid groups (broad SMARTS) is 1. The van der Waals surface area contributed by atoms with E-state index in [1.54, 1.807) is 24.3 Å². The predicted molar refractivity (Wildman–Crippen MR) is 86.2 cm³/mol. The van der Waals surface area contributed by atoms with Crippen molar-refractivity contribution in [2.24, 2.45) is 0 Å². The zero-order chi connectivity index (χ0) is 17.5. The van der Waals surface area contributed by atoms with Gasteiger partial charge in [-0.1, -0.05) is 30.3 Å². The van der Waals surface area contributed by atoms with E-state index in [1.165, 1.54) is 31.4 Å². The van der Waals surface area contributed by atoms with Gasteiger partial charge in [-0.15, -0.1) is 0 Å². The maximum absolute atomic E-state index is 13.0. The highest BCUT2D eigenvalue weighted by Gasteiger charge is 2.19. The number of rotatable bonds is 7. The van der Waals surface area contributed by atoms with Crippen molar-refractivity contribution in [1.29, 1.82) is 0 Å². The molecule has 0 heterocycles. The minimum absolute atomic E-state index is 0.0569. The van der Waals surface area contributed by atoms with Gasteiger partial charge in [-0.3, -0.25) is 9.59 Å². The summed E-state index contributed by atoms with van der Waals surface area (Å²) in [4.78, 5) is 23.3. The molecule has 5 nitrogen and oxygen atoms in total. The van der Waals surface area contributed by atoms with Gasteiger partial charge in [0.05, 0.1) is 26.0 Å². The zero-order valence-electron chi connectivity index (χ0n) is 13.2. The van der Waals surface area contributed by atoms with E-state index in [0.29, 0.717) is 16.9 Å². The number of carboxylic acids is 1. The number of carbonyl (C=O) groups excluding carboxylic acids is 1. The second-order valence-corrected chi connectivity index (χ2v) is 5.26. The number of methoxy groups -OCH3 is 1. The third-order valence-electron chi connectivity index (χ3n) is 3.53. The number of para-hydroxylation sites is 1. The molecule has 2 aromatic carbocycles. The smallest absolute Gasteiger partial charge is 0.305 e. The molecule has 6 heteroatoms. The molecule has 0 bridgehead atoms. The van der Waals surface area contributed by atoms with Crippen LogP contribution >= 0.6 is 0 Å². The molecule has 2 aromatic rings. The van der Waals surface area contributed by atoms with Gasteiger partial charge in [-0.2, -0.15) is 0 Å². The van der Waals surface area contributed by atoms with E-state index < -0.39 is 17.8 Å². The van der Waals surface area contributed by atoms with Crippen LogP contribution in [0, 0.1) is 5.82 Å². The lowest BCUT2D eigenvalue weighted by molar-refractivity contribution is -0.137. The first-order valence-electron chi connectivity index (χ1n) is 7.38. The van der Waals surface area contributed by atoms with Crippen molar-refractivity contribution < 1.29 is 23.8 Å². The van der Waals surface area contributed by atoms with Gasteiger partial charge >= 0.3 is 5.97 Å². The largest absolute Gasteiger partial charge is 0.496 e. The standard InChI is InChI=1S/C18H18FNO4/c1-24-16-5-3-2-4-13(16)10-17(21)20-15(11-18(22)23)12-6-8-14(19)9-7-12/h2-9,15H,10-11H2,1H3,(H,20,21)(H,22,23)/t15-/m1/s1. The number of amides is 1. The van der Waals surface area contributed by atoms with Crippen LogP contribution in [-0.2, 0) is 16.0 Å². The Labute approximate surface area is 139 Å². The fourth-order valence-electron chi connectivity index (χ4n) is 2.39. The van der Waals surface area contributed by atoms with E-state index in [1.807, 2.05) is 0 Å². The Balaban J connectivity index is 2.12. The van der Waals surface area contributed by atoms with Crippen molar-refractivity contribution in [2.75, 3.05) is 7.11 Å². The molecule has 2 N–H and O–H groups in total. The van der Waals surface area contributed by atoms with Crippen molar-refractivity contribution in [3.8, 4) is 5.75 Å². The number of halogens is 1. The van der Waals surface area contributed by atoms with Crippen molar-refractivity contribution in [2.45, 2.75) is 18.9 Å². The summed E-state index contributed by atoms with van der Waals surface area (Å²) >= 11 is 0. The SMILES string of the molecule is COc1ccccc1CC(=O)N[C@H](CC(=O)O)c1ccc(F)cc1. The van der Waals surface area contributed by atoms with Gasteiger partial charge in [-0.05, 0) is 23.8 Å². The Morgan fingerprint density at radius 2 is 1.83 bits per heavy atom. The molecule has 0 fully saturated rings. The summed E-state index contributed by atoms with van der Waals surface area (Å²) in [5.41, 5.74) is 1.23. The molecule has 0 spiro atoms. The lowest BCUT2D eigenvalue weighted by Gasteiger charge is -2.18. The molecule has 0 aliphatic heterocycles. The zero-order valence-corrected chi connectivity index (χ0v) is 13.2. The minimum Gasteiger partial charge on any atom is -0.496 e. The number of benzene rings is 2. The summed E-state index contributed by atoms with van der Waals surface area (Å²) in [6.07, 6.45) is -0.232. The van der Waals surface area contributed by atoms with Crippen molar-refractivity contribution in [3.63, 3.8) is 0 Å². The van der Waals surface area contributed by atoms with Crippen LogP contribution < -0.4 is 10.1 Å². The van der Waals surface area contributed by atoms with Gasteiger partial charge in [0.25, 0.3) is 0 Å². The topological polar surface area (TPSA) is 75.6 Å². The van der Waals surface area contributed by atoms with Crippen LogP contribution in [-0.4, -0.2) is 24.1 Å². The van der Waals surface area contributed by atoms with Crippen LogP contribution in [0.1, 0.15) is 23.6 Å². The summed E-state index contributed by atoms with van der Waals surface area (Å²) in [7, 11) is 1.52. The fraction of sp³-hybridized carbons (Fsp3) is 0.222. The molecular formula is C18H18FNO4. The highest BCUT2D eigenvalue weighted by atomic mass is 19.1. The lowest BCUT2D eigenvalue weighted by atomic mass is 10.0. The minimum atomic E-state index is -1.05. The van der Waals surface area contributed by atoms with Crippen LogP contribution in [0.5, 0.6) is 5.75 Å². The molecule has 0 saturated carbocycles. The van der Waals surface area contributed by atoms with E-state index in [0.717, 1.165) is 0 Å². The first kappa shape index (κ1) is 17.5. The number of ether oxygens (including phenoxy) is 1. The second kappa shape index (κ2) is 8.10. The molecule has 0 aliphatic carbocycles. The second-order valence-electron chi connectivity index (χ2n) is 5.26. The van der Waals surface area contributed by atoms with Crippen molar-refractivity contribution in [3.05, 3.63) is 65.5 Å². The first-order valence-corrected chi connectivity index (χ1v) is 7.38. The maximum atomic E-state index is 13.0. The molecule has 0 unspecified atom stereocenters. The number of hydrogen-bond donors (Lipinski definition) is 2. The average Bonchev–Trinajstić information content (AvgIpc) is 2.55. The Bertz CT molecular complexity index is 715. The highest BCUT2D eigenvalue weighted by Crippen LogP contribution is 2.20. The van der Waals surface area contributed by atoms with Crippen LogP contribution in [0.2, 0.25) is 0 Å². The molecule has 24 heavy (non-hydrogen) atoms. The monoisotopic (exact) mass is 331 g/mol. The van der Waals surface area contributed by atoms with Gasteiger partial charge in [-0.25, -0.2) is 4.39 Å². The Kier molecular flexibility index (Phi) is 5.89. The summed E-state index contributed by atoms with van der Waals surface area (Å²) < 4.78 is 18.2. The summed E-state index contributed by atoms with van der Waals surface area (Å²) in [5, 5.41) is 11.7. The molecule has 2 rings (SSSR count). The third-order valence-corrected chi connectivity index (χ3v) is 3.53. The Hall–Kier alpha value is -2.89. The van der Waals surface area contributed by atoms with Crippen molar-refractivity contribution in [1.82, 2.24) is 5.32 Å². The van der Waals surface area contributed by atoms with Gasteiger partial charge in [0.1, 0.15) is 11.6 Å². The third kappa shape index (κ3) is 4.81. The molecule has 1 atom stereocenters. The van der Waals surface area contributed by atoms with Gasteiger partial charge in [0, 0.05) is 5.56 Å². The summed E-state index contributed by atoms with van der Waals surface area (Å²) in [6, 6.07) is 11.8. The van der Waals surface area contributed by atoms with Crippen LogP contribution in [0.15, 0.2) is 48.5 Å².